The van der Waals surface area contributed by atoms with Crippen molar-refractivity contribution in [1.29, 1.82) is 0 Å². The predicted octanol–water partition coefficient (Wildman–Crippen LogP) is 4.05. The molecule has 0 spiro atoms. The van der Waals surface area contributed by atoms with E-state index in [1.165, 1.54) is 24.2 Å². The fraction of sp³-hybridized carbons (Fsp3) is 0.250. The van der Waals surface area contributed by atoms with Crippen LogP contribution in [0.25, 0.3) is 0 Å². The van der Waals surface area contributed by atoms with Crippen molar-refractivity contribution < 1.29 is 0 Å². The summed E-state index contributed by atoms with van der Waals surface area (Å²) in [6.07, 6.45) is 0. The predicted molar refractivity (Wildman–Crippen MR) is 78.6 cm³/mol. The number of halogens is 1. The first-order valence-electron chi connectivity index (χ1n) is 6.33. The van der Waals surface area contributed by atoms with Crippen molar-refractivity contribution >= 4 is 15.9 Å². The molecule has 0 bridgehead atoms. The molecular weight excluding hydrogens is 286 g/mol. The van der Waals surface area contributed by atoms with Gasteiger partial charge in [-0.2, -0.15) is 0 Å². The van der Waals surface area contributed by atoms with Crippen LogP contribution in [-0.4, -0.2) is 18.0 Å². The van der Waals surface area contributed by atoms with Crippen molar-refractivity contribution in [1.82, 2.24) is 4.90 Å². The van der Waals surface area contributed by atoms with Gasteiger partial charge in [0.15, 0.2) is 0 Å². The van der Waals surface area contributed by atoms with Gasteiger partial charge in [0.1, 0.15) is 0 Å². The number of hydrogen-bond donors (Lipinski definition) is 0. The minimum Gasteiger partial charge on any atom is -0.298 e. The Morgan fingerprint density at radius 2 is 1.61 bits per heavy atom. The van der Waals surface area contributed by atoms with Crippen molar-refractivity contribution in [2.75, 3.05) is 13.1 Å². The zero-order valence-electron chi connectivity index (χ0n) is 10.2. The highest BCUT2D eigenvalue weighted by molar-refractivity contribution is 9.10. The second-order valence-corrected chi connectivity index (χ2v) is 5.84. The first-order valence-corrected chi connectivity index (χ1v) is 7.12. The Labute approximate surface area is 117 Å². The van der Waals surface area contributed by atoms with Gasteiger partial charge in [-0.3, -0.25) is 4.90 Å². The minimum absolute atomic E-state index is 0.724. The number of nitrogens with zero attached hydrogens (tertiary/aromatic N) is 1. The number of likely N-dealkylation sites (tertiary alicyclic amines) is 1. The molecular formula is C16H16BrN. The van der Waals surface area contributed by atoms with E-state index in [-0.39, 0.29) is 0 Å². The monoisotopic (exact) mass is 301 g/mol. The van der Waals surface area contributed by atoms with E-state index in [2.05, 4.69) is 75.4 Å². The van der Waals surface area contributed by atoms with Gasteiger partial charge < -0.3 is 0 Å². The van der Waals surface area contributed by atoms with Gasteiger partial charge in [-0.05, 0) is 23.3 Å². The first-order chi connectivity index (χ1) is 8.81. The van der Waals surface area contributed by atoms with Crippen molar-refractivity contribution in [2.45, 2.75) is 12.5 Å². The van der Waals surface area contributed by atoms with Crippen molar-refractivity contribution in [3.63, 3.8) is 0 Å². The third-order valence-electron chi connectivity index (χ3n) is 3.55. The molecule has 1 aliphatic heterocycles. The Morgan fingerprint density at radius 1 is 0.944 bits per heavy atom. The van der Waals surface area contributed by atoms with Crippen LogP contribution in [0.2, 0.25) is 0 Å². The van der Waals surface area contributed by atoms with Gasteiger partial charge in [-0.15, -0.1) is 0 Å². The van der Waals surface area contributed by atoms with Crippen molar-refractivity contribution in [2.24, 2.45) is 0 Å². The summed E-state index contributed by atoms with van der Waals surface area (Å²) >= 11 is 3.47. The summed E-state index contributed by atoms with van der Waals surface area (Å²) in [6.45, 7) is 3.43. The van der Waals surface area contributed by atoms with E-state index < -0.39 is 0 Å². The zero-order chi connectivity index (χ0) is 12.4. The van der Waals surface area contributed by atoms with Gasteiger partial charge in [0.05, 0.1) is 0 Å². The van der Waals surface area contributed by atoms with Crippen molar-refractivity contribution in [3.8, 4) is 0 Å². The SMILES string of the molecule is Brc1ccc(CN2CC(c3ccccc3)C2)cc1. The molecule has 1 fully saturated rings. The maximum Gasteiger partial charge on any atom is 0.0234 e. The van der Waals surface area contributed by atoms with E-state index in [1.54, 1.807) is 0 Å². The largest absolute Gasteiger partial charge is 0.298 e. The standard InChI is InChI=1S/C16H16BrN/c17-16-8-6-13(7-9-16)10-18-11-15(12-18)14-4-2-1-3-5-14/h1-9,15H,10-12H2. The molecule has 92 valence electrons. The highest BCUT2D eigenvalue weighted by Gasteiger charge is 2.27. The molecule has 0 atom stereocenters. The van der Waals surface area contributed by atoms with E-state index in [1.807, 2.05) is 0 Å². The highest BCUT2D eigenvalue weighted by Crippen LogP contribution is 2.28. The molecule has 2 aromatic carbocycles. The summed E-state index contributed by atoms with van der Waals surface area (Å²) in [5.41, 5.74) is 2.87. The van der Waals surface area contributed by atoms with E-state index in [4.69, 9.17) is 0 Å². The number of rotatable bonds is 3. The van der Waals surface area contributed by atoms with Crippen LogP contribution < -0.4 is 0 Å². The summed E-state index contributed by atoms with van der Waals surface area (Å²) in [7, 11) is 0. The molecule has 0 amide bonds. The van der Waals surface area contributed by atoms with Crippen LogP contribution in [0.3, 0.4) is 0 Å². The lowest BCUT2D eigenvalue weighted by molar-refractivity contribution is 0.139. The third-order valence-corrected chi connectivity index (χ3v) is 4.08. The first kappa shape index (κ1) is 11.9. The van der Waals surface area contributed by atoms with Crippen LogP contribution in [0.4, 0.5) is 0 Å². The van der Waals surface area contributed by atoms with E-state index in [0.29, 0.717) is 0 Å². The van der Waals surface area contributed by atoms with Gasteiger partial charge in [-0.25, -0.2) is 0 Å². The molecule has 0 unspecified atom stereocenters. The Kier molecular flexibility index (Phi) is 3.48. The van der Waals surface area contributed by atoms with Crippen molar-refractivity contribution in [3.05, 3.63) is 70.2 Å². The molecule has 2 heteroatoms. The molecule has 0 N–H and O–H groups in total. The Hall–Kier alpha value is -1.12. The fourth-order valence-electron chi connectivity index (χ4n) is 2.48. The average molecular weight is 302 g/mol. The zero-order valence-corrected chi connectivity index (χ0v) is 11.8. The second kappa shape index (κ2) is 5.25. The highest BCUT2D eigenvalue weighted by atomic mass is 79.9. The maximum absolute atomic E-state index is 3.47. The normalized spacial score (nSPS) is 16.5. The molecule has 0 radical (unpaired) electrons. The molecule has 3 rings (SSSR count). The van der Waals surface area contributed by atoms with Crippen LogP contribution in [0, 0.1) is 0 Å². The Balaban J connectivity index is 1.55. The summed E-state index contributed by atoms with van der Waals surface area (Å²) in [5.74, 6) is 0.724. The summed E-state index contributed by atoms with van der Waals surface area (Å²) in [4.78, 5) is 2.50. The van der Waals surface area contributed by atoms with Crippen LogP contribution in [0.1, 0.15) is 17.0 Å². The minimum atomic E-state index is 0.724. The molecule has 1 aliphatic rings. The van der Waals surface area contributed by atoms with Crippen LogP contribution in [-0.2, 0) is 6.54 Å². The topological polar surface area (TPSA) is 3.24 Å². The lowest BCUT2D eigenvalue weighted by Gasteiger charge is -2.39. The lowest BCUT2D eigenvalue weighted by atomic mass is 9.91. The van der Waals surface area contributed by atoms with E-state index in [0.717, 1.165) is 16.9 Å². The van der Waals surface area contributed by atoms with Gasteiger partial charge in [-0.1, -0.05) is 58.4 Å². The van der Waals surface area contributed by atoms with Gasteiger partial charge >= 0.3 is 0 Å². The van der Waals surface area contributed by atoms with Crippen LogP contribution >= 0.6 is 15.9 Å². The molecule has 1 heterocycles. The van der Waals surface area contributed by atoms with E-state index in [9.17, 15) is 0 Å². The Morgan fingerprint density at radius 3 is 2.28 bits per heavy atom. The summed E-state index contributed by atoms with van der Waals surface area (Å²) in [6, 6.07) is 19.4. The van der Waals surface area contributed by atoms with Gasteiger partial charge in [0, 0.05) is 30.0 Å². The fourth-order valence-corrected chi connectivity index (χ4v) is 2.75. The van der Waals surface area contributed by atoms with Gasteiger partial charge in [0.25, 0.3) is 0 Å². The quantitative estimate of drug-likeness (QED) is 0.827. The third kappa shape index (κ3) is 2.65. The number of hydrogen-bond acceptors (Lipinski definition) is 1. The van der Waals surface area contributed by atoms with E-state index >= 15 is 0 Å². The van der Waals surface area contributed by atoms with Gasteiger partial charge in [0.2, 0.25) is 0 Å². The maximum atomic E-state index is 3.47. The molecule has 1 nitrogen and oxygen atoms in total. The molecule has 2 aromatic rings. The molecule has 0 saturated carbocycles. The average Bonchev–Trinajstić information content (AvgIpc) is 2.36. The summed E-state index contributed by atoms with van der Waals surface area (Å²) < 4.78 is 1.15. The molecule has 1 saturated heterocycles. The molecule has 18 heavy (non-hydrogen) atoms. The summed E-state index contributed by atoms with van der Waals surface area (Å²) in [5, 5.41) is 0. The molecule has 0 aliphatic carbocycles. The van der Waals surface area contributed by atoms with Crippen LogP contribution in [0.15, 0.2) is 59.1 Å². The smallest absolute Gasteiger partial charge is 0.0234 e. The number of benzene rings is 2. The second-order valence-electron chi connectivity index (χ2n) is 4.93. The molecule has 0 aromatic heterocycles. The lowest BCUT2D eigenvalue weighted by Crippen LogP contribution is -2.44. The Bertz CT molecular complexity index is 500. The van der Waals surface area contributed by atoms with Crippen LogP contribution in [0.5, 0.6) is 0 Å².